The maximum atomic E-state index is 9.33. The van der Waals surface area contributed by atoms with Crippen molar-refractivity contribution in [1.29, 1.82) is 0 Å². The van der Waals surface area contributed by atoms with Crippen LogP contribution >= 0.6 is 0 Å². The summed E-state index contributed by atoms with van der Waals surface area (Å²) in [6, 6.07) is 0. The van der Waals surface area contributed by atoms with E-state index in [1.54, 1.807) is 0 Å². The molecule has 2 N–H and O–H groups in total. The number of hydrogen-bond acceptors (Lipinski definition) is 5. The van der Waals surface area contributed by atoms with E-state index < -0.39 is 20.5 Å². The Hall–Kier alpha value is 0.520. The molecule has 0 heterocycles. The van der Waals surface area contributed by atoms with Crippen LogP contribution in [0.1, 0.15) is 0 Å². The average molecular weight is 228 g/mol. The summed E-state index contributed by atoms with van der Waals surface area (Å²) in [7, 11) is -8.81. The first kappa shape index (κ1) is 18.3. The van der Waals surface area contributed by atoms with E-state index in [-0.39, 0.29) is 29.6 Å². The van der Waals surface area contributed by atoms with Gasteiger partial charge >= 0.3 is 40.0 Å². The van der Waals surface area contributed by atoms with Crippen molar-refractivity contribution in [3.8, 4) is 0 Å². The van der Waals surface area contributed by atoms with Gasteiger partial charge in [-0.05, 0) is 0 Å². The molecule has 7 nitrogen and oxygen atoms in total. The normalized spacial score (nSPS) is 10.2. The van der Waals surface area contributed by atoms with Crippen LogP contribution in [-0.2, 0) is 20.5 Å². The molecule has 0 aromatic carbocycles. The Morgan fingerprint density at radius 2 is 1.25 bits per heavy atom. The second kappa shape index (κ2) is 6.97. The molecule has 0 rings (SSSR count). The van der Waals surface area contributed by atoms with Gasteiger partial charge in [0.15, 0.2) is 0 Å². The first-order chi connectivity index (χ1) is 4.56. The first-order valence-corrected chi connectivity index (χ1v) is 4.71. The molecule has 68 valence electrons. The van der Waals surface area contributed by atoms with E-state index in [4.69, 9.17) is 17.5 Å². The van der Waals surface area contributed by atoms with Crippen LogP contribution in [0.2, 0.25) is 0 Å². The van der Waals surface area contributed by atoms with Gasteiger partial charge in [-0.1, -0.05) is 6.58 Å². The fourth-order valence-corrected chi connectivity index (χ4v) is 0. The van der Waals surface area contributed by atoms with Crippen molar-refractivity contribution in [2.45, 2.75) is 0 Å². The second-order valence-corrected chi connectivity index (χ2v) is 3.32. The van der Waals surface area contributed by atoms with Crippen molar-refractivity contribution in [3.63, 3.8) is 0 Å². The SMILES string of the molecule is C=CS(=O)(=O)[O-].O=S(=O)(O)O.[Na+]. The minimum absolute atomic E-state index is 0. The molecule has 0 spiro atoms. The second-order valence-electron chi connectivity index (χ2n) is 1.11. The van der Waals surface area contributed by atoms with Gasteiger partial charge in [-0.25, -0.2) is 8.42 Å². The molecule has 0 aliphatic carbocycles. The predicted molar refractivity (Wildman–Crippen MR) is 34.1 cm³/mol. The Kier molecular flexibility index (Phi) is 10.7. The van der Waals surface area contributed by atoms with Crippen LogP contribution in [0.25, 0.3) is 0 Å². The Labute approximate surface area is 92.1 Å². The van der Waals surface area contributed by atoms with Gasteiger partial charge in [-0.2, -0.15) is 8.42 Å². The van der Waals surface area contributed by atoms with Gasteiger partial charge in [0.2, 0.25) is 0 Å². The summed E-state index contributed by atoms with van der Waals surface area (Å²) in [5, 5.41) is 0.354. The van der Waals surface area contributed by atoms with Crippen molar-refractivity contribution < 1.29 is 60.1 Å². The van der Waals surface area contributed by atoms with Crippen molar-refractivity contribution in [2.75, 3.05) is 0 Å². The first-order valence-electron chi connectivity index (χ1n) is 1.84. The molecule has 0 aliphatic heterocycles. The van der Waals surface area contributed by atoms with Crippen molar-refractivity contribution in [3.05, 3.63) is 12.0 Å². The third-order valence-corrected chi connectivity index (χ3v) is 0.612. The summed E-state index contributed by atoms with van der Waals surface area (Å²) in [5.41, 5.74) is 0. The smallest absolute Gasteiger partial charge is 0.745 e. The molecule has 0 radical (unpaired) electrons. The molecule has 0 aromatic heterocycles. The Bertz CT molecular complexity index is 279. The fourth-order valence-electron chi connectivity index (χ4n) is 0. The van der Waals surface area contributed by atoms with E-state index in [0.717, 1.165) is 0 Å². The minimum atomic E-state index is -4.67. The number of rotatable bonds is 1. The molecule has 0 fully saturated rings. The van der Waals surface area contributed by atoms with Crippen LogP contribution in [0.3, 0.4) is 0 Å². The van der Waals surface area contributed by atoms with Crippen LogP contribution in [0.4, 0.5) is 0 Å². The molecular weight excluding hydrogens is 223 g/mol. The summed E-state index contributed by atoms with van der Waals surface area (Å²) >= 11 is 0. The van der Waals surface area contributed by atoms with Gasteiger partial charge in [-0.15, -0.1) is 0 Å². The van der Waals surface area contributed by atoms with E-state index in [1.807, 2.05) is 0 Å². The third-order valence-electron chi connectivity index (χ3n) is 0.204. The minimum Gasteiger partial charge on any atom is -0.745 e. The van der Waals surface area contributed by atoms with Gasteiger partial charge in [0.05, 0.1) is 0 Å². The molecule has 0 atom stereocenters. The molecule has 0 saturated carbocycles. The van der Waals surface area contributed by atoms with E-state index >= 15 is 0 Å². The van der Waals surface area contributed by atoms with Crippen LogP contribution in [-0.4, -0.2) is 30.5 Å². The van der Waals surface area contributed by atoms with Gasteiger partial charge in [-0.3, -0.25) is 9.11 Å². The standard InChI is InChI=1S/C2H4O3S.Na.H2O4S/c1-2-6(3,4)5;;1-5(2,3)4/h2H,1H2,(H,3,4,5);;(H2,1,2,3,4)/q;+1;/p-1. The van der Waals surface area contributed by atoms with Crippen LogP contribution in [0.5, 0.6) is 0 Å². The Morgan fingerprint density at radius 1 is 1.17 bits per heavy atom. The largest absolute Gasteiger partial charge is 1.00 e. The summed E-state index contributed by atoms with van der Waals surface area (Å²) < 4.78 is 59.6. The molecule has 0 unspecified atom stereocenters. The number of hydrogen-bond donors (Lipinski definition) is 2. The molecule has 0 saturated heterocycles. The zero-order valence-electron chi connectivity index (χ0n) is 6.04. The van der Waals surface area contributed by atoms with E-state index in [0.29, 0.717) is 5.41 Å². The zero-order chi connectivity index (χ0) is 9.71. The molecule has 0 amide bonds. The Balaban J connectivity index is -0.000000126. The monoisotopic (exact) mass is 228 g/mol. The fraction of sp³-hybridized carbons (Fsp3) is 0. The average Bonchev–Trinajstić information content (AvgIpc) is 1.59. The Morgan fingerprint density at radius 3 is 1.25 bits per heavy atom. The van der Waals surface area contributed by atoms with Crippen LogP contribution < -0.4 is 29.6 Å². The molecule has 0 aliphatic rings. The molecule has 0 aromatic rings. The molecular formula is C2H5NaO7S2. The predicted octanol–water partition coefficient (Wildman–Crippen LogP) is -3.97. The van der Waals surface area contributed by atoms with E-state index in [9.17, 15) is 13.0 Å². The van der Waals surface area contributed by atoms with Crippen molar-refractivity contribution >= 4 is 20.5 Å². The quantitative estimate of drug-likeness (QED) is 0.345. The maximum absolute atomic E-state index is 9.33. The van der Waals surface area contributed by atoms with E-state index in [1.165, 1.54) is 0 Å². The van der Waals surface area contributed by atoms with Crippen LogP contribution in [0.15, 0.2) is 12.0 Å². The van der Waals surface area contributed by atoms with Crippen LogP contribution in [0, 0.1) is 0 Å². The van der Waals surface area contributed by atoms with Crippen molar-refractivity contribution in [2.24, 2.45) is 0 Å². The van der Waals surface area contributed by atoms with Gasteiger partial charge in [0, 0.05) is 5.41 Å². The topological polar surface area (TPSA) is 132 Å². The van der Waals surface area contributed by atoms with E-state index in [2.05, 4.69) is 6.58 Å². The van der Waals surface area contributed by atoms with Gasteiger partial charge in [0.25, 0.3) is 0 Å². The van der Waals surface area contributed by atoms with Crippen molar-refractivity contribution in [1.82, 2.24) is 0 Å². The summed E-state index contributed by atoms with van der Waals surface area (Å²) in [6.45, 7) is 2.73. The maximum Gasteiger partial charge on any atom is 1.00 e. The summed E-state index contributed by atoms with van der Waals surface area (Å²) in [4.78, 5) is 0. The van der Waals surface area contributed by atoms with Gasteiger partial charge in [0.1, 0.15) is 10.1 Å². The van der Waals surface area contributed by atoms with Gasteiger partial charge < -0.3 is 4.55 Å². The third kappa shape index (κ3) is 76.9. The zero-order valence-corrected chi connectivity index (χ0v) is 9.67. The molecule has 10 heteroatoms. The summed E-state index contributed by atoms with van der Waals surface area (Å²) in [5.74, 6) is 0. The molecule has 0 bridgehead atoms. The molecule has 12 heavy (non-hydrogen) atoms. The summed E-state index contributed by atoms with van der Waals surface area (Å²) in [6.07, 6.45) is 0.